The first-order valence-corrected chi connectivity index (χ1v) is 12.0. The van der Waals surface area contributed by atoms with Gasteiger partial charge in [-0.05, 0) is 54.3 Å². The number of thiocarbonyl (C=S) groups is 1. The summed E-state index contributed by atoms with van der Waals surface area (Å²) in [5.41, 5.74) is 4.67. The number of ether oxygens (including phenoxy) is 1. The molecule has 0 saturated carbocycles. The van der Waals surface area contributed by atoms with Gasteiger partial charge < -0.3 is 4.74 Å². The lowest BCUT2D eigenvalue weighted by molar-refractivity contribution is -0.274. The molecule has 190 valence electrons. The molecule has 0 atom stereocenters. The van der Waals surface area contributed by atoms with Crippen molar-refractivity contribution in [2.45, 2.75) is 39.0 Å². The van der Waals surface area contributed by atoms with E-state index in [4.69, 9.17) is 12.2 Å². The zero-order chi connectivity index (χ0) is 26.4. The fourth-order valence-corrected chi connectivity index (χ4v) is 4.13. The second kappa shape index (κ2) is 11.5. The van der Waals surface area contributed by atoms with Crippen molar-refractivity contribution in [2.75, 3.05) is 0 Å². The van der Waals surface area contributed by atoms with E-state index in [1.807, 2.05) is 55.5 Å². The molecule has 0 spiro atoms. The van der Waals surface area contributed by atoms with E-state index in [1.54, 1.807) is 0 Å². The molecule has 0 unspecified atom stereocenters. The van der Waals surface area contributed by atoms with Crippen LogP contribution >= 0.6 is 12.2 Å². The SMILES string of the molecule is Cc1ccccc1CC(=S)CC(=O)CCc1ccc(-c2ncn(-c3ccc(OC(F)(F)F)cc3)n2)cc1. The van der Waals surface area contributed by atoms with E-state index in [9.17, 15) is 18.0 Å². The number of aromatic nitrogens is 3. The molecule has 3 aromatic carbocycles. The Bertz CT molecular complexity index is 1380. The van der Waals surface area contributed by atoms with Crippen molar-refractivity contribution in [3.63, 3.8) is 0 Å². The van der Waals surface area contributed by atoms with Gasteiger partial charge in [0.2, 0.25) is 0 Å². The number of nitrogens with zero attached hydrogens (tertiary/aromatic N) is 3. The fraction of sp³-hybridized carbons (Fsp3) is 0.214. The van der Waals surface area contributed by atoms with Gasteiger partial charge in [0.25, 0.3) is 0 Å². The molecule has 0 aliphatic carbocycles. The van der Waals surface area contributed by atoms with Crippen LogP contribution < -0.4 is 4.74 Å². The van der Waals surface area contributed by atoms with E-state index in [-0.39, 0.29) is 11.5 Å². The number of carbonyl (C=O) groups excluding carboxylic acids is 1. The lowest BCUT2D eigenvalue weighted by Crippen LogP contribution is -2.17. The van der Waals surface area contributed by atoms with Gasteiger partial charge in [-0.15, -0.1) is 18.3 Å². The zero-order valence-corrected chi connectivity index (χ0v) is 20.9. The first-order valence-electron chi connectivity index (χ1n) is 11.6. The first kappa shape index (κ1) is 26.2. The normalized spacial score (nSPS) is 11.4. The van der Waals surface area contributed by atoms with E-state index in [2.05, 4.69) is 14.8 Å². The van der Waals surface area contributed by atoms with E-state index >= 15 is 0 Å². The van der Waals surface area contributed by atoms with Gasteiger partial charge in [-0.2, -0.15) is 0 Å². The Balaban J connectivity index is 1.29. The number of Topliss-reactive ketones (excluding diaryl/α,β-unsaturated/α-hetero) is 1. The minimum atomic E-state index is -4.74. The number of carbonyl (C=O) groups is 1. The van der Waals surface area contributed by atoms with Gasteiger partial charge in [0.15, 0.2) is 5.82 Å². The maximum absolute atomic E-state index is 12.4. The standard InChI is InChI=1S/C28H24F3N3O2S/c1-19-4-2-3-5-22(19)16-26(37)17-24(35)13-8-20-6-9-21(10-7-20)27-32-18-34(33-27)23-11-14-25(15-12-23)36-28(29,30)31/h2-7,9-12,14-15,18H,8,13,16-17H2,1H3. The molecule has 1 aromatic heterocycles. The number of benzene rings is 3. The number of hydrogen-bond donors (Lipinski definition) is 0. The summed E-state index contributed by atoms with van der Waals surface area (Å²) in [4.78, 5) is 17.5. The second-order valence-corrected chi connectivity index (χ2v) is 9.19. The minimum absolute atomic E-state index is 0.120. The van der Waals surface area contributed by atoms with Crippen LogP contribution in [-0.2, 0) is 17.6 Å². The number of alkyl halides is 3. The molecule has 9 heteroatoms. The third-order valence-electron chi connectivity index (χ3n) is 5.77. The highest BCUT2D eigenvalue weighted by Crippen LogP contribution is 2.24. The molecule has 0 radical (unpaired) electrons. The summed E-state index contributed by atoms with van der Waals surface area (Å²) >= 11 is 5.45. The van der Waals surface area contributed by atoms with Gasteiger partial charge >= 0.3 is 6.36 Å². The highest BCUT2D eigenvalue weighted by atomic mass is 32.1. The smallest absolute Gasteiger partial charge is 0.406 e. The highest BCUT2D eigenvalue weighted by molar-refractivity contribution is 7.80. The Labute approximate surface area is 217 Å². The molecular weight excluding hydrogens is 499 g/mol. The summed E-state index contributed by atoms with van der Waals surface area (Å²) in [7, 11) is 0. The van der Waals surface area contributed by atoms with Crippen molar-refractivity contribution in [1.82, 2.24) is 14.8 Å². The third-order valence-corrected chi connectivity index (χ3v) is 6.06. The molecule has 4 rings (SSSR count). The van der Waals surface area contributed by atoms with Gasteiger partial charge in [0, 0.05) is 29.7 Å². The number of hydrogen-bond acceptors (Lipinski definition) is 5. The summed E-state index contributed by atoms with van der Waals surface area (Å²) < 4.78 is 42.4. The zero-order valence-electron chi connectivity index (χ0n) is 20.0. The predicted molar refractivity (Wildman–Crippen MR) is 139 cm³/mol. The summed E-state index contributed by atoms with van der Waals surface area (Å²) in [5.74, 6) is 0.285. The minimum Gasteiger partial charge on any atom is -0.406 e. The number of aryl methyl sites for hydroxylation is 2. The second-order valence-electron chi connectivity index (χ2n) is 8.61. The van der Waals surface area contributed by atoms with Crippen LogP contribution in [0.1, 0.15) is 29.5 Å². The molecule has 0 aliphatic rings. The van der Waals surface area contributed by atoms with Crippen LogP contribution in [0.5, 0.6) is 5.75 Å². The van der Waals surface area contributed by atoms with Crippen molar-refractivity contribution in [3.05, 3.63) is 95.8 Å². The lowest BCUT2D eigenvalue weighted by atomic mass is 9.99. The Morgan fingerprint density at radius 3 is 2.38 bits per heavy atom. The van der Waals surface area contributed by atoms with Crippen molar-refractivity contribution >= 4 is 22.9 Å². The molecule has 0 fully saturated rings. The maximum atomic E-state index is 12.4. The summed E-state index contributed by atoms with van der Waals surface area (Å²) in [6.07, 6.45) is -1.30. The Kier molecular flexibility index (Phi) is 8.13. The highest BCUT2D eigenvalue weighted by Gasteiger charge is 2.31. The average molecular weight is 524 g/mol. The largest absolute Gasteiger partial charge is 0.573 e. The van der Waals surface area contributed by atoms with Crippen LogP contribution in [0.3, 0.4) is 0 Å². The summed E-state index contributed by atoms with van der Waals surface area (Å²) in [5, 5.41) is 4.41. The quantitative estimate of drug-likeness (QED) is 0.218. The molecule has 0 amide bonds. The Hall–Kier alpha value is -3.85. The molecule has 37 heavy (non-hydrogen) atoms. The molecular formula is C28H24F3N3O2S. The van der Waals surface area contributed by atoms with Crippen LogP contribution in [0.15, 0.2) is 79.1 Å². The molecule has 0 aliphatic heterocycles. The molecule has 0 saturated heterocycles. The molecule has 4 aromatic rings. The van der Waals surface area contributed by atoms with E-state index in [0.29, 0.717) is 37.2 Å². The first-order chi connectivity index (χ1) is 17.7. The van der Waals surface area contributed by atoms with Crippen molar-refractivity contribution < 1.29 is 22.7 Å². The van der Waals surface area contributed by atoms with Gasteiger partial charge in [0.1, 0.15) is 17.9 Å². The van der Waals surface area contributed by atoms with Gasteiger partial charge in [0.05, 0.1) is 5.69 Å². The van der Waals surface area contributed by atoms with E-state index in [0.717, 1.165) is 21.6 Å². The van der Waals surface area contributed by atoms with Crippen LogP contribution in [-0.4, -0.2) is 31.8 Å². The van der Waals surface area contributed by atoms with Crippen LogP contribution in [0.2, 0.25) is 0 Å². The van der Waals surface area contributed by atoms with Crippen molar-refractivity contribution in [2.24, 2.45) is 0 Å². The number of halogens is 3. The van der Waals surface area contributed by atoms with Crippen molar-refractivity contribution in [1.29, 1.82) is 0 Å². The average Bonchev–Trinajstić information content (AvgIpc) is 3.34. The molecule has 0 bridgehead atoms. The predicted octanol–water partition coefficient (Wildman–Crippen LogP) is 6.65. The van der Waals surface area contributed by atoms with Crippen molar-refractivity contribution in [3.8, 4) is 22.8 Å². The Morgan fingerprint density at radius 1 is 1.00 bits per heavy atom. The van der Waals surface area contributed by atoms with Gasteiger partial charge in [-0.1, -0.05) is 60.7 Å². The number of ketones is 1. The van der Waals surface area contributed by atoms with E-state index < -0.39 is 6.36 Å². The lowest BCUT2D eigenvalue weighted by Gasteiger charge is -2.09. The summed E-state index contributed by atoms with van der Waals surface area (Å²) in [6, 6.07) is 21.0. The maximum Gasteiger partial charge on any atom is 0.573 e. The van der Waals surface area contributed by atoms with Crippen LogP contribution in [0.25, 0.3) is 17.1 Å². The topological polar surface area (TPSA) is 57.0 Å². The fourth-order valence-electron chi connectivity index (χ4n) is 3.82. The summed E-state index contributed by atoms with van der Waals surface area (Å²) in [6.45, 7) is 2.04. The van der Waals surface area contributed by atoms with Gasteiger partial charge in [-0.25, -0.2) is 9.67 Å². The third kappa shape index (κ3) is 7.57. The van der Waals surface area contributed by atoms with Gasteiger partial charge in [-0.3, -0.25) is 4.79 Å². The van der Waals surface area contributed by atoms with Crippen LogP contribution in [0, 0.1) is 6.92 Å². The molecule has 0 N–H and O–H groups in total. The molecule has 5 nitrogen and oxygen atoms in total. The molecule has 1 heterocycles. The van der Waals surface area contributed by atoms with Crippen LogP contribution in [0.4, 0.5) is 13.2 Å². The number of rotatable bonds is 10. The monoisotopic (exact) mass is 523 g/mol. The Morgan fingerprint density at radius 2 is 1.70 bits per heavy atom. The van der Waals surface area contributed by atoms with E-state index in [1.165, 1.54) is 40.8 Å².